The van der Waals surface area contributed by atoms with E-state index in [9.17, 15) is 0 Å². The van der Waals surface area contributed by atoms with Crippen LogP contribution in [0, 0.1) is 0 Å². The molecule has 0 aliphatic rings. The van der Waals surface area contributed by atoms with Crippen LogP contribution in [0.25, 0.3) is 22.3 Å². The van der Waals surface area contributed by atoms with Gasteiger partial charge in [-0.3, -0.25) is 9.97 Å². The van der Waals surface area contributed by atoms with E-state index in [1.54, 1.807) is 24.8 Å². The summed E-state index contributed by atoms with van der Waals surface area (Å²) < 4.78 is 0. The van der Waals surface area contributed by atoms with Gasteiger partial charge in [-0.1, -0.05) is 0 Å². The average molecular weight is 294 g/mol. The highest BCUT2D eigenvalue weighted by molar-refractivity contribution is 5.82. The van der Waals surface area contributed by atoms with Gasteiger partial charge in [0.25, 0.3) is 0 Å². The van der Waals surface area contributed by atoms with E-state index in [1.165, 1.54) is 0 Å². The summed E-state index contributed by atoms with van der Waals surface area (Å²) in [7, 11) is 0. The van der Waals surface area contributed by atoms with Crippen LogP contribution in [0.15, 0.2) is 43.0 Å². The molecule has 6 nitrogen and oxygen atoms in total. The fourth-order valence-electron chi connectivity index (χ4n) is 2.24. The normalized spacial score (nSPS) is 15.5. The number of fused-ring (bicyclic) bond motifs is 1. The summed E-state index contributed by atoms with van der Waals surface area (Å²) in [5.41, 5.74) is 14.1. The largest absolute Gasteiger partial charge is 0.326 e. The first-order valence-corrected chi connectivity index (χ1v) is 7.07. The topological polar surface area (TPSA) is 104 Å². The fourth-order valence-corrected chi connectivity index (χ4v) is 2.24. The number of hydrogen-bond acceptors (Lipinski definition) is 6. The van der Waals surface area contributed by atoms with Gasteiger partial charge in [0.1, 0.15) is 0 Å². The number of nitrogens with zero attached hydrogens (tertiary/aromatic N) is 4. The molecule has 2 atom stereocenters. The Balaban J connectivity index is 2.30. The van der Waals surface area contributed by atoms with E-state index >= 15 is 0 Å². The van der Waals surface area contributed by atoms with Crippen molar-refractivity contribution in [3.63, 3.8) is 0 Å². The van der Waals surface area contributed by atoms with Gasteiger partial charge >= 0.3 is 0 Å². The van der Waals surface area contributed by atoms with Gasteiger partial charge in [-0.25, -0.2) is 9.97 Å². The molecule has 22 heavy (non-hydrogen) atoms. The molecule has 2 unspecified atom stereocenters. The lowest BCUT2D eigenvalue weighted by Gasteiger charge is -2.29. The Bertz CT molecular complexity index is 798. The van der Waals surface area contributed by atoms with E-state index < -0.39 is 5.54 Å². The Morgan fingerprint density at radius 2 is 1.73 bits per heavy atom. The predicted octanol–water partition coefficient (Wildman–Crippen LogP) is 1.61. The SMILES string of the molecule is CC(N)C(C)(N)c1nc(-c2ccncc2)nc2cnccc12. The molecule has 3 rings (SSSR count). The number of nitrogens with two attached hydrogens (primary N) is 2. The van der Waals surface area contributed by atoms with Crippen molar-refractivity contribution in [2.75, 3.05) is 0 Å². The third-order valence-electron chi connectivity index (χ3n) is 3.89. The number of aromatic nitrogens is 4. The second kappa shape index (κ2) is 5.40. The summed E-state index contributed by atoms with van der Waals surface area (Å²) >= 11 is 0. The van der Waals surface area contributed by atoms with Crippen LogP contribution in [0.3, 0.4) is 0 Å². The molecule has 0 saturated heterocycles. The van der Waals surface area contributed by atoms with Crippen molar-refractivity contribution in [2.24, 2.45) is 11.5 Å². The molecule has 4 N–H and O–H groups in total. The van der Waals surface area contributed by atoms with Gasteiger partial charge in [0.15, 0.2) is 5.82 Å². The van der Waals surface area contributed by atoms with Gasteiger partial charge in [-0.05, 0) is 32.0 Å². The van der Waals surface area contributed by atoms with E-state index in [0.29, 0.717) is 5.82 Å². The first-order valence-electron chi connectivity index (χ1n) is 7.07. The predicted molar refractivity (Wildman–Crippen MR) is 85.8 cm³/mol. The van der Waals surface area contributed by atoms with Crippen LogP contribution >= 0.6 is 0 Å². The van der Waals surface area contributed by atoms with E-state index in [-0.39, 0.29) is 6.04 Å². The summed E-state index contributed by atoms with van der Waals surface area (Å²) in [6, 6.07) is 5.33. The van der Waals surface area contributed by atoms with Gasteiger partial charge in [0.2, 0.25) is 0 Å². The number of pyridine rings is 2. The maximum absolute atomic E-state index is 6.45. The molecule has 3 heterocycles. The lowest BCUT2D eigenvalue weighted by Crippen LogP contribution is -2.49. The van der Waals surface area contributed by atoms with Crippen molar-refractivity contribution in [1.82, 2.24) is 19.9 Å². The smallest absolute Gasteiger partial charge is 0.160 e. The zero-order chi connectivity index (χ0) is 15.7. The van der Waals surface area contributed by atoms with Crippen molar-refractivity contribution >= 4 is 10.9 Å². The maximum atomic E-state index is 6.45. The van der Waals surface area contributed by atoms with Gasteiger partial charge in [0, 0.05) is 35.6 Å². The molecule has 0 radical (unpaired) electrons. The summed E-state index contributed by atoms with van der Waals surface area (Å²) in [6.45, 7) is 3.76. The minimum Gasteiger partial charge on any atom is -0.326 e. The first kappa shape index (κ1) is 14.5. The minimum absolute atomic E-state index is 0.260. The van der Waals surface area contributed by atoms with E-state index in [0.717, 1.165) is 22.2 Å². The molecular formula is C16H18N6. The Kier molecular flexibility index (Phi) is 3.56. The molecule has 112 valence electrons. The van der Waals surface area contributed by atoms with E-state index in [1.807, 2.05) is 32.0 Å². The monoisotopic (exact) mass is 294 g/mol. The summed E-state index contributed by atoms with van der Waals surface area (Å²) in [5, 5.41) is 0.870. The van der Waals surface area contributed by atoms with Crippen LogP contribution in [-0.2, 0) is 5.54 Å². The van der Waals surface area contributed by atoms with Crippen LogP contribution in [0.5, 0.6) is 0 Å². The zero-order valence-corrected chi connectivity index (χ0v) is 12.6. The fraction of sp³-hybridized carbons (Fsp3) is 0.250. The van der Waals surface area contributed by atoms with Gasteiger partial charge < -0.3 is 11.5 Å². The molecule has 6 heteroatoms. The maximum Gasteiger partial charge on any atom is 0.160 e. The molecular weight excluding hydrogens is 276 g/mol. The third-order valence-corrected chi connectivity index (χ3v) is 3.89. The molecule has 0 amide bonds. The van der Waals surface area contributed by atoms with Crippen molar-refractivity contribution in [1.29, 1.82) is 0 Å². The molecule has 0 fully saturated rings. The van der Waals surface area contributed by atoms with Crippen LogP contribution in [0.1, 0.15) is 19.5 Å². The average Bonchev–Trinajstić information content (AvgIpc) is 2.54. The van der Waals surface area contributed by atoms with E-state index in [4.69, 9.17) is 16.5 Å². The van der Waals surface area contributed by atoms with Gasteiger partial charge in [-0.15, -0.1) is 0 Å². The number of rotatable bonds is 3. The summed E-state index contributed by atoms with van der Waals surface area (Å²) in [5.74, 6) is 0.593. The molecule has 0 aliphatic carbocycles. The highest BCUT2D eigenvalue weighted by atomic mass is 15.0. The van der Waals surface area contributed by atoms with Crippen molar-refractivity contribution < 1.29 is 0 Å². The molecule has 0 aromatic carbocycles. The minimum atomic E-state index is -0.773. The van der Waals surface area contributed by atoms with Crippen molar-refractivity contribution in [2.45, 2.75) is 25.4 Å². The highest BCUT2D eigenvalue weighted by Crippen LogP contribution is 2.28. The van der Waals surface area contributed by atoms with Crippen molar-refractivity contribution in [3.8, 4) is 11.4 Å². The Morgan fingerprint density at radius 1 is 1.05 bits per heavy atom. The highest BCUT2D eigenvalue weighted by Gasteiger charge is 2.30. The van der Waals surface area contributed by atoms with Crippen molar-refractivity contribution in [3.05, 3.63) is 48.7 Å². The molecule has 0 bridgehead atoms. The molecule has 0 saturated carbocycles. The van der Waals surface area contributed by atoms with E-state index in [2.05, 4.69) is 15.0 Å². The van der Waals surface area contributed by atoms with Crippen LogP contribution in [0.4, 0.5) is 0 Å². The summed E-state index contributed by atoms with van der Waals surface area (Å²) in [4.78, 5) is 17.4. The molecule has 3 aromatic rings. The second-order valence-corrected chi connectivity index (χ2v) is 5.60. The Hall–Kier alpha value is -2.44. The number of hydrogen-bond donors (Lipinski definition) is 2. The Morgan fingerprint density at radius 3 is 2.41 bits per heavy atom. The Labute approximate surface area is 128 Å². The third kappa shape index (κ3) is 2.43. The van der Waals surface area contributed by atoms with Crippen LogP contribution in [0.2, 0.25) is 0 Å². The van der Waals surface area contributed by atoms with Gasteiger partial charge in [0.05, 0.1) is 22.9 Å². The second-order valence-electron chi connectivity index (χ2n) is 5.60. The zero-order valence-electron chi connectivity index (χ0n) is 12.6. The summed E-state index contributed by atoms with van der Waals surface area (Å²) in [6.07, 6.45) is 6.83. The first-order chi connectivity index (χ1) is 10.5. The molecule has 0 spiro atoms. The van der Waals surface area contributed by atoms with Gasteiger partial charge in [-0.2, -0.15) is 0 Å². The lowest BCUT2D eigenvalue weighted by atomic mass is 9.89. The standard InChI is InChI=1S/C16H18N6/c1-10(17)16(2,18)14-12-5-8-20-9-13(12)21-15(22-14)11-3-6-19-7-4-11/h3-10H,17-18H2,1-2H3. The quantitative estimate of drug-likeness (QED) is 0.760. The molecule has 0 aliphatic heterocycles. The van der Waals surface area contributed by atoms with Crippen LogP contribution < -0.4 is 11.5 Å². The lowest BCUT2D eigenvalue weighted by molar-refractivity contribution is 0.402. The molecule has 3 aromatic heterocycles. The van der Waals surface area contributed by atoms with Crippen LogP contribution in [-0.4, -0.2) is 26.0 Å².